The molecule has 2 aromatic carbocycles. The maximum Gasteiger partial charge on any atom is 0.162 e. The average molecular weight is 296 g/mol. The van der Waals surface area contributed by atoms with Crippen molar-refractivity contribution in [3.63, 3.8) is 0 Å². The topological polar surface area (TPSA) is 34.1 Å². The molecule has 0 unspecified atom stereocenters. The Kier molecular flexibility index (Phi) is 8.51. The molecule has 0 bridgehead atoms. The van der Waals surface area contributed by atoms with Gasteiger partial charge in [0.15, 0.2) is 11.6 Å². The van der Waals surface area contributed by atoms with Crippen LogP contribution in [0.25, 0.3) is 0 Å². The molecular weight excluding hydrogens is 272 g/mol. The van der Waals surface area contributed by atoms with E-state index in [0.717, 1.165) is 24.0 Å². The van der Waals surface area contributed by atoms with Gasteiger partial charge in [-0.3, -0.25) is 9.59 Å². The number of carbonyl (C=O) groups excluding carboxylic acids is 2. The molecule has 0 heterocycles. The third kappa shape index (κ3) is 6.98. The van der Waals surface area contributed by atoms with E-state index in [4.69, 9.17) is 0 Å². The molecule has 0 radical (unpaired) electrons. The van der Waals surface area contributed by atoms with Gasteiger partial charge >= 0.3 is 0 Å². The first-order chi connectivity index (χ1) is 10.6. The lowest BCUT2D eigenvalue weighted by Crippen LogP contribution is -1.97. The number of unbranched alkanes of at least 4 members (excludes halogenated alkanes) is 2. The zero-order chi connectivity index (χ0) is 16.2. The summed E-state index contributed by atoms with van der Waals surface area (Å²) in [4.78, 5) is 22.2. The van der Waals surface area contributed by atoms with Crippen molar-refractivity contribution in [1.82, 2.24) is 0 Å². The molecule has 0 aromatic heterocycles. The van der Waals surface area contributed by atoms with Gasteiger partial charge in [0.1, 0.15) is 0 Å². The first kappa shape index (κ1) is 17.8. The van der Waals surface area contributed by atoms with Crippen molar-refractivity contribution in [1.29, 1.82) is 0 Å². The third-order valence-electron chi connectivity index (χ3n) is 3.28. The highest BCUT2D eigenvalue weighted by molar-refractivity contribution is 5.96. The standard InChI is InChI=1S/C12H16O.C8H8O/c1-2-3-5-10-12(13)11-8-6-4-7-9-11;1-7(9)8-5-3-2-4-6-8/h4,6-9H,2-3,5,10H2,1H3;2-6H,1H3. The number of Topliss-reactive ketones (excluding diaryl/α,β-unsaturated/α-hetero) is 2. The zero-order valence-corrected chi connectivity index (χ0v) is 13.4. The molecule has 2 rings (SSSR count). The minimum atomic E-state index is 0.121. The predicted molar refractivity (Wildman–Crippen MR) is 91.4 cm³/mol. The van der Waals surface area contributed by atoms with E-state index >= 15 is 0 Å². The number of hydrogen-bond donors (Lipinski definition) is 0. The van der Waals surface area contributed by atoms with E-state index in [2.05, 4.69) is 6.92 Å². The van der Waals surface area contributed by atoms with Crippen molar-refractivity contribution in [2.75, 3.05) is 0 Å². The lowest BCUT2D eigenvalue weighted by atomic mass is 10.1. The monoisotopic (exact) mass is 296 g/mol. The fourth-order valence-corrected chi connectivity index (χ4v) is 1.98. The van der Waals surface area contributed by atoms with Gasteiger partial charge in [-0.05, 0) is 13.3 Å². The van der Waals surface area contributed by atoms with E-state index in [1.54, 1.807) is 6.92 Å². The molecule has 0 aliphatic rings. The molecule has 0 spiro atoms. The van der Waals surface area contributed by atoms with E-state index in [9.17, 15) is 9.59 Å². The normalized spacial score (nSPS) is 9.55. The Morgan fingerprint density at radius 3 is 1.68 bits per heavy atom. The van der Waals surface area contributed by atoms with Crippen molar-refractivity contribution in [3.8, 4) is 0 Å². The number of hydrogen-bond acceptors (Lipinski definition) is 2. The van der Waals surface area contributed by atoms with Crippen LogP contribution >= 0.6 is 0 Å². The first-order valence-corrected chi connectivity index (χ1v) is 7.79. The SMILES string of the molecule is CC(=O)c1ccccc1.CCCCCC(=O)c1ccccc1. The summed E-state index contributed by atoms with van der Waals surface area (Å²) in [7, 11) is 0. The second-order valence-corrected chi connectivity index (χ2v) is 5.17. The van der Waals surface area contributed by atoms with Gasteiger partial charge in [-0.2, -0.15) is 0 Å². The molecule has 0 N–H and O–H groups in total. The van der Waals surface area contributed by atoms with Gasteiger partial charge in [-0.15, -0.1) is 0 Å². The molecule has 0 amide bonds. The van der Waals surface area contributed by atoms with Crippen molar-refractivity contribution in [3.05, 3.63) is 71.8 Å². The molecule has 2 aromatic rings. The third-order valence-corrected chi connectivity index (χ3v) is 3.28. The van der Waals surface area contributed by atoms with Gasteiger partial charge < -0.3 is 0 Å². The summed E-state index contributed by atoms with van der Waals surface area (Å²) in [6.07, 6.45) is 4.03. The maximum atomic E-state index is 11.5. The van der Waals surface area contributed by atoms with Gasteiger partial charge in [-0.1, -0.05) is 80.4 Å². The van der Waals surface area contributed by atoms with Crippen molar-refractivity contribution in [2.24, 2.45) is 0 Å². The molecule has 22 heavy (non-hydrogen) atoms. The Bertz CT molecular complexity index is 559. The minimum absolute atomic E-state index is 0.121. The molecule has 0 fully saturated rings. The van der Waals surface area contributed by atoms with Crippen molar-refractivity contribution in [2.45, 2.75) is 39.5 Å². The van der Waals surface area contributed by atoms with Crippen LogP contribution < -0.4 is 0 Å². The van der Waals surface area contributed by atoms with Crippen LogP contribution in [-0.4, -0.2) is 11.6 Å². The Labute approximate surface area is 133 Å². The molecule has 0 saturated heterocycles. The van der Waals surface area contributed by atoms with Gasteiger partial charge in [0.2, 0.25) is 0 Å². The summed E-state index contributed by atoms with van der Waals surface area (Å²) < 4.78 is 0. The van der Waals surface area contributed by atoms with Crippen LogP contribution in [0.15, 0.2) is 60.7 Å². The highest BCUT2D eigenvalue weighted by Gasteiger charge is 2.02. The van der Waals surface area contributed by atoms with Gasteiger partial charge in [-0.25, -0.2) is 0 Å². The largest absolute Gasteiger partial charge is 0.295 e. The van der Waals surface area contributed by atoms with Crippen LogP contribution in [0.3, 0.4) is 0 Å². The van der Waals surface area contributed by atoms with E-state index < -0.39 is 0 Å². The van der Waals surface area contributed by atoms with Crippen molar-refractivity contribution < 1.29 is 9.59 Å². The number of benzene rings is 2. The van der Waals surface area contributed by atoms with E-state index in [0.29, 0.717) is 6.42 Å². The molecule has 2 nitrogen and oxygen atoms in total. The minimum Gasteiger partial charge on any atom is -0.295 e. The Hall–Kier alpha value is -2.22. The Balaban J connectivity index is 0.000000235. The smallest absolute Gasteiger partial charge is 0.162 e. The molecule has 0 saturated carbocycles. The number of carbonyl (C=O) groups is 2. The molecular formula is C20H24O2. The Morgan fingerprint density at radius 1 is 0.773 bits per heavy atom. The van der Waals surface area contributed by atoms with E-state index in [1.807, 2.05) is 60.7 Å². The van der Waals surface area contributed by atoms with E-state index in [1.165, 1.54) is 6.42 Å². The summed E-state index contributed by atoms with van der Waals surface area (Å²) in [6.45, 7) is 3.71. The second kappa shape index (κ2) is 10.5. The highest BCUT2D eigenvalue weighted by atomic mass is 16.1. The predicted octanol–water partition coefficient (Wildman–Crippen LogP) is 5.34. The number of rotatable bonds is 6. The molecule has 2 heteroatoms. The summed E-state index contributed by atoms with van der Waals surface area (Å²) in [5.74, 6) is 0.393. The fourth-order valence-electron chi connectivity index (χ4n) is 1.98. The maximum absolute atomic E-state index is 11.5. The molecule has 0 aliphatic heterocycles. The van der Waals surface area contributed by atoms with Crippen LogP contribution in [0.1, 0.15) is 60.2 Å². The van der Waals surface area contributed by atoms with Crippen LogP contribution in [0.4, 0.5) is 0 Å². The van der Waals surface area contributed by atoms with Gasteiger partial charge in [0, 0.05) is 17.5 Å². The van der Waals surface area contributed by atoms with Crippen LogP contribution in [0.2, 0.25) is 0 Å². The van der Waals surface area contributed by atoms with Crippen molar-refractivity contribution >= 4 is 11.6 Å². The average Bonchev–Trinajstić information content (AvgIpc) is 2.57. The number of ketones is 2. The summed E-state index contributed by atoms with van der Waals surface area (Å²) >= 11 is 0. The molecule has 0 atom stereocenters. The van der Waals surface area contributed by atoms with Crippen LogP contribution in [0, 0.1) is 0 Å². The summed E-state index contributed by atoms with van der Waals surface area (Å²) in [6, 6.07) is 18.7. The van der Waals surface area contributed by atoms with Gasteiger partial charge in [0.25, 0.3) is 0 Å². The zero-order valence-electron chi connectivity index (χ0n) is 13.4. The van der Waals surface area contributed by atoms with E-state index in [-0.39, 0.29) is 11.6 Å². The van der Waals surface area contributed by atoms with Crippen LogP contribution in [-0.2, 0) is 0 Å². The fraction of sp³-hybridized carbons (Fsp3) is 0.300. The quantitative estimate of drug-likeness (QED) is 0.532. The Morgan fingerprint density at radius 2 is 1.27 bits per heavy atom. The highest BCUT2D eigenvalue weighted by Crippen LogP contribution is 2.07. The first-order valence-electron chi connectivity index (χ1n) is 7.79. The summed E-state index contributed by atoms with van der Waals surface area (Å²) in [5, 5.41) is 0. The van der Waals surface area contributed by atoms with Gasteiger partial charge in [0.05, 0.1) is 0 Å². The summed E-state index contributed by atoms with van der Waals surface area (Å²) in [5.41, 5.74) is 1.62. The lowest BCUT2D eigenvalue weighted by Gasteiger charge is -1.99. The molecule has 0 aliphatic carbocycles. The lowest BCUT2D eigenvalue weighted by molar-refractivity contribution is 0.0977. The van der Waals surface area contributed by atoms with Crippen LogP contribution in [0.5, 0.6) is 0 Å². The molecule has 116 valence electrons. The second-order valence-electron chi connectivity index (χ2n) is 5.17.